The van der Waals surface area contributed by atoms with Crippen LogP contribution in [0.5, 0.6) is 5.75 Å². The van der Waals surface area contributed by atoms with Crippen LogP contribution in [-0.2, 0) is 11.2 Å². The fourth-order valence-electron chi connectivity index (χ4n) is 2.42. The van der Waals surface area contributed by atoms with Gasteiger partial charge in [-0.25, -0.2) is 0 Å². The van der Waals surface area contributed by atoms with Crippen molar-refractivity contribution in [1.82, 2.24) is 10.1 Å². The van der Waals surface area contributed by atoms with Crippen LogP contribution in [0, 0.1) is 0 Å². The summed E-state index contributed by atoms with van der Waals surface area (Å²) in [5.41, 5.74) is 2.13. The zero-order valence-corrected chi connectivity index (χ0v) is 14.2. The Labute approximate surface area is 144 Å². The van der Waals surface area contributed by atoms with Crippen LogP contribution in [0.25, 0.3) is 11.0 Å². The molecule has 2 heterocycles. The Morgan fingerprint density at radius 2 is 2.21 bits per heavy atom. The van der Waals surface area contributed by atoms with Gasteiger partial charge >= 0.3 is 0 Å². The van der Waals surface area contributed by atoms with Crippen LogP contribution in [0.1, 0.15) is 37.8 Å². The standard InChI is InChI=1S/C18H17ClN2O3/c1-11(22)6-7-16-13-9-14(19)18(10-17(13)24-21-16)23-12(2)15-5-3-4-8-20-15/h3-5,8-10,12H,6-7H2,1-2H3/t12-/m1/s1. The number of hydrogen-bond donors (Lipinski definition) is 0. The number of fused-ring (bicyclic) bond motifs is 1. The quantitative estimate of drug-likeness (QED) is 0.657. The molecule has 3 rings (SSSR count). The van der Waals surface area contributed by atoms with Gasteiger partial charge in [0.15, 0.2) is 5.58 Å². The molecule has 2 aromatic heterocycles. The van der Waals surface area contributed by atoms with Crippen LogP contribution in [0.2, 0.25) is 5.02 Å². The molecule has 124 valence electrons. The summed E-state index contributed by atoms with van der Waals surface area (Å²) < 4.78 is 11.3. The molecule has 0 bridgehead atoms. The van der Waals surface area contributed by atoms with Crippen LogP contribution in [-0.4, -0.2) is 15.9 Å². The number of ether oxygens (including phenoxy) is 1. The Hall–Kier alpha value is -2.40. The third-order valence-electron chi connectivity index (χ3n) is 3.72. The van der Waals surface area contributed by atoms with Crippen molar-refractivity contribution >= 4 is 28.4 Å². The lowest BCUT2D eigenvalue weighted by Gasteiger charge is -2.15. The Bertz CT molecular complexity index is 861. The van der Waals surface area contributed by atoms with Gasteiger partial charge in [-0.15, -0.1) is 0 Å². The van der Waals surface area contributed by atoms with Gasteiger partial charge < -0.3 is 14.1 Å². The minimum absolute atomic E-state index is 0.112. The van der Waals surface area contributed by atoms with Gasteiger partial charge in [0, 0.05) is 30.5 Å². The van der Waals surface area contributed by atoms with Crippen LogP contribution in [0.3, 0.4) is 0 Å². The van der Waals surface area contributed by atoms with Crippen molar-refractivity contribution in [3.63, 3.8) is 0 Å². The lowest BCUT2D eigenvalue weighted by molar-refractivity contribution is -0.116. The molecule has 1 aromatic carbocycles. The van der Waals surface area contributed by atoms with Crippen LogP contribution in [0.4, 0.5) is 0 Å². The van der Waals surface area contributed by atoms with E-state index in [4.69, 9.17) is 20.9 Å². The van der Waals surface area contributed by atoms with Gasteiger partial charge in [-0.3, -0.25) is 4.98 Å². The summed E-state index contributed by atoms with van der Waals surface area (Å²) in [5, 5.41) is 5.31. The second-order valence-corrected chi connectivity index (χ2v) is 6.03. The molecule has 0 N–H and O–H groups in total. The summed E-state index contributed by atoms with van der Waals surface area (Å²) in [7, 11) is 0. The Balaban J connectivity index is 1.85. The predicted molar refractivity (Wildman–Crippen MR) is 91.3 cm³/mol. The first-order valence-electron chi connectivity index (χ1n) is 7.69. The van der Waals surface area contributed by atoms with Gasteiger partial charge in [0.1, 0.15) is 17.6 Å². The smallest absolute Gasteiger partial charge is 0.170 e. The highest BCUT2D eigenvalue weighted by Gasteiger charge is 2.16. The highest BCUT2D eigenvalue weighted by Crippen LogP contribution is 2.34. The van der Waals surface area contributed by atoms with Crippen molar-refractivity contribution in [2.75, 3.05) is 0 Å². The maximum atomic E-state index is 11.1. The molecule has 6 heteroatoms. The van der Waals surface area contributed by atoms with Gasteiger partial charge in [0.05, 0.1) is 16.4 Å². The van der Waals surface area contributed by atoms with E-state index < -0.39 is 0 Å². The number of benzene rings is 1. The van der Waals surface area contributed by atoms with Gasteiger partial charge in [-0.05, 0) is 32.0 Å². The van der Waals surface area contributed by atoms with E-state index in [-0.39, 0.29) is 11.9 Å². The minimum Gasteiger partial charge on any atom is -0.483 e. The zero-order valence-electron chi connectivity index (χ0n) is 13.5. The molecule has 0 aliphatic heterocycles. The predicted octanol–water partition coefficient (Wildman–Crippen LogP) is 4.54. The first kappa shape index (κ1) is 16.5. The van der Waals surface area contributed by atoms with Crippen molar-refractivity contribution in [2.45, 2.75) is 32.8 Å². The number of carbonyl (C=O) groups is 1. The Kier molecular flexibility index (Phi) is 4.81. The molecular weight excluding hydrogens is 328 g/mol. The van der Waals surface area contributed by atoms with E-state index in [0.717, 1.165) is 16.8 Å². The normalized spacial score (nSPS) is 12.3. The highest BCUT2D eigenvalue weighted by atomic mass is 35.5. The maximum absolute atomic E-state index is 11.1. The molecule has 0 saturated carbocycles. The molecule has 1 atom stereocenters. The molecule has 0 saturated heterocycles. The summed E-state index contributed by atoms with van der Waals surface area (Å²) in [4.78, 5) is 15.4. The first-order valence-corrected chi connectivity index (χ1v) is 8.07. The van der Waals surface area contributed by atoms with E-state index >= 15 is 0 Å². The second kappa shape index (κ2) is 7.01. The molecule has 0 amide bonds. The summed E-state index contributed by atoms with van der Waals surface area (Å²) in [6.45, 7) is 3.46. The van der Waals surface area contributed by atoms with Crippen LogP contribution >= 0.6 is 11.6 Å². The largest absolute Gasteiger partial charge is 0.483 e. The number of pyridine rings is 1. The second-order valence-electron chi connectivity index (χ2n) is 5.62. The molecule has 3 aromatic rings. The summed E-state index contributed by atoms with van der Waals surface area (Å²) in [6.07, 6.45) is 2.43. The molecule has 0 fully saturated rings. The highest BCUT2D eigenvalue weighted by molar-refractivity contribution is 6.32. The number of ketones is 1. The summed E-state index contributed by atoms with van der Waals surface area (Å²) in [5.74, 6) is 0.623. The maximum Gasteiger partial charge on any atom is 0.170 e. The van der Waals surface area contributed by atoms with E-state index in [1.807, 2.05) is 25.1 Å². The third-order valence-corrected chi connectivity index (χ3v) is 4.02. The number of halogens is 1. The molecule has 24 heavy (non-hydrogen) atoms. The monoisotopic (exact) mass is 344 g/mol. The SMILES string of the molecule is CC(=O)CCc1noc2cc(O[C@H](C)c3ccccn3)c(Cl)cc12. The average Bonchev–Trinajstić information content (AvgIpc) is 2.96. The lowest BCUT2D eigenvalue weighted by atomic mass is 10.1. The number of aromatic nitrogens is 2. The molecule has 0 aliphatic carbocycles. The Morgan fingerprint density at radius 1 is 1.38 bits per heavy atom. The third kappa shape index (κ3) is 3.57. The van der Waals surface area contributed by atoms with E-state index in [1.54, 1.807) is 25.3 Å². The fraction of sp³-hybridized carbons (Fsp3) is 0.278. The minimum atomic E-state index is -0.249. The van der Waals surface area contributed by atoms with E-state index in [0.29, 0.717) is 29.2 Å². The molecule has 0 aliphatic rings. The fourth-order valence-corrected chi connectivity index (χ4v) is 2.63. The van der Waals surface area contributed by atoms with Crippen molar-refractivity contribution in [2.24, 2.45) is 0 Å². The van der Waals surface area contributed by atoms with Crippen molar-refractivity contribution in [3.05, 3.63) is 52.9 Å². The van der Waals surface area contributed by atoms with Gasteiger partial charge in [-0.1, -0.05) is 22.8 Å². The van der Waals surface area contributed by atoms with Gasteiger partial charge in [0.25, 0.3) is 0 Å². The summed E-state index contributed by atoms with van der Waals surface area (Å²) >= 11 is 6.34. The molecule has 5 nitrogen and oxygen atoms in total. The van der Waals surface area contributed by atoms with Crippen LogP contribution < -0.4 is 4.74 Å². The molecule has 0 unspecified atom stereocenters. The number of rotatable bonds is 6. The van der Waals surface area contributed by atoms with Gasteiger partial charge in [-0.2, -0.15) is 0 Å². The van der Waals surface area contributed by atoms with Crippen molar-refractivity contribution in [3.8, 4) is 5.75 Å². The van der Waals surface area contributed by atoms with E-state index in [1.165, 1.54) is 0 Å². The number of aryl methyl sites for hydroxylation is 1. The summed E-state index contributed by atoms with van der Waals surface area (Å²) in [6, 6.07) is 9.15. The van der Waals surface area contributed by atoms with Crippen molar-refractivity contribution in [1.29, 1.82) is 0 Å². The number of Topliss-reactive ketones (excluding diaryl/α,β-unsaturated/α-hetero) is 1. The van der Waals surface area contributed by atoms with Crippen LogP contribution in [0.15, 0.2) is 41.1 Å². The van der Waals surface area contributed by atoms with E-state index in [2.05, 4.69) is 10.1 Å². The molecule has 0 spiro atoms. The topological polar surface area (TPSA) is 65.2 Å². The first-order chi connectivity index (χ1) is 11.5. The lowest BCUT2D eigenvalue weighted by Crippen LogP contribution is -2.05. The average molecular weight is 345 g/mol. The van der Waals surface area contributed by atoms with E-state index in [9.17, 15) is 4.79 Å². The number of hydrogen-bond acceptors (Lipinski definition) is 5. The molecule has 0 radical (unpaired) electrons. The zero-order chi connectivity index (χ0) is 17.1. The molecular formula is C18H17ClN2O3. The van der Waals surface area contributed by atoms with Crippen molar-refractivity contribution < 1.29 is 14.1 Å². The Morgan fingerprint density at radius 3 is 2.92 bits per heavy atom. The number of nitrogens with zero attached hydrogens (tertiary/aromatic N) is 2. The van der Waals surface area contributed by atoms with Gasteiger partial charge in [0.2, 0.25) is 0 Å². The number of carbonyl (C=O) groups excluding carboxylic acids is 1.